The van der Waals surface area contributed by atoms with Crippen molar-refractivity contribution < 1.29 is 20.4 Å². The zero-order valence-electron chi connectivity index (χ0n) is 10.0. The Bertz CT molecular complexity index is 517. The topological polar surface area (TPSA) is 112 Å². The lowest BCUT2D eigenvalue weighted by atomic mass is 10.1. The number of para-hydroxylation sites is 1. The maximum Gasteiger partial charge on any atom is 0.128 e. The molecule has 1 heterocycles. The van der Waals surface area contributed by atoms with Gasteiger partial charge in [-0.05, 0) is 12.1 Å². The van der Waals surface area contributed by atoms with Crippen molar-refractivity contribution >= 4 is 0 Å². The molecule has 0 aliphatic rings. The number of aliphatic hydroxyl groups excluding tert-OH is 4. The molecular weight excluding hydrogens is 250 g/mol. The Morgan fingerprint density at radius 2 is 1.79 bits per heavy atom. The largest absolute Gasteiger partial charge is 0.394 e. The van der Waals surface area contributed by atoms with E-state index in [4.69, 9.17) is 5.11 Å². The Morgan fingerprint density at radius 1 is 1.11 bits per heavy atom. The van der Waals surface area contributed by atoms with Crippen molar-refractivity contribution in [3.63, 3.8) is 0 Å². The van der Waals surface area contributed by atoms with E-state index in [1.807, 2.05) is 18.2 Å². The maximum atomic E-state index is 9.81. The Morgan fingerprint density at radius 3 is 2.42 bits per heavy atom. The first-order valence-corrected chi connectivity index (χ1v) is 5.76. The second-order valence-electron chi connectivity index (χ2n) is 4.08. The molecule has 102 valence electrons. The van der Waals surface area contributed by atoms with E-state index < -0.39 is 24.9 Å². The van der Waals surface area contributed by atoms with Crippen LogP contribution in [0.15, 0.2) is 36.5 Å². The summed E-state index contributed by atoms with van der Waals surface area (Å²) in [6.45, 7) is -0.648. The Balaban J connectivity index is 2.17. The number of rotatable bonds is 5. The minimum atomic E-state index is -1.52. The summed E-state index contributed by atoms with van der Waals surface area (Å²) in [4.78, 5) is 1.30. The summed E-state index contributed by atoms with van der Waals surface area (Å²) < 4.78 is 0. The van der Waals surface area contributed by atoms with Gasteiger partial charge >= 0.3 is 0 Å². The Kier molecular flexibility index (Phi) is 4.23. The van der Waals surface area contributed by atoms with Gasteiger partial charge in [0.05, 0.1) is 18.5 Å². The van der Waals surface area contributed by atoms with Crippen LogP contribution in [0.4, 0.5) is 0 Å². The lowest BCUT2D eigenvalue weighted by Crippen LogP contribution is -2.34. The molecule has 7 heteroatoms. The molecule has 0 aliphatic heterocycles. The molecule has 1 aromatic carbocycles. The highest BCUT2D eigenvalue weighted by molar-refractivity contribution is 5.28. The maximum absolute atomic E-state index is 9.81. The van der Waals surface area contributed by atoms with E-state index in [2.05, 4.69) is 10.2 Å². The predicted molar refractivity (Wildman–Crippen MR) is 65.4 cm³/mol. The van der Waals surface area contributed by atoms with Crippen molar-refractivity contribution in [1.29, 1.82) is 0 Å². The number of nitrogens with zero attached hydrogens (tertiary/aromatic N) is 3. The zero-order chi connectivity index (χ0) is 13.8. The second-order valence-corrected chi connectivity index (χ2v) is 4.08. The van der Waals surface area contributed by atoms with Gasteiger partial charge in [0.15, 0.2) is 0 Å². The van der Waals surface area contributed by atoms with Gasteiger partial charge < -0.3 is 20.4 Å². The molecule has 1 aromatic heterocycles. The van der Waals surface area contributed by atoms with E-state index in [1.165, 1.54) is 11.0 Å². The summed E-state index contributed by atoms with van der Waals surface area (Å²) in [5, 5.41) is 45.4. The summed E-state index contributed by atoms with van der Waals surface area (Å²) >= 11 is 0. The van der Waals surface area contributed by atoms with E-state index in [-0.39, 0.29) is 5.69 Å². The monoisotopic (exact) mass is 265 g/mol. The van der Waals surface area contributed by atoms with Crippen LogP contribution in [0.1, 0.15) is 11.8 Å². The van der Waals surface area contributed by atoms with Crippen molar-refractivity contribution in [3.8, 4) is 5.69 Å². The third-order valence-corrected chi connectivity index (χ3v) is 2.70. The Hall–Kier alpha value is -1.80. The minimum absolute atomic E-state index is 0.115. The molecule has 2 rings (SSSR count). The first-order valence-electron chi connectivity index (χ1n) is 5.76. The summed E-state index contributed by atoms with van der Waals surface area (Å²) in [7, 11) is 0. The van der Waals surface area contributed by atoms with Crippen molar-refractivity contribution in [2.45, 2.75) is 18.3 Å². The minimum Gasteiger partial charge on any atom is -0.394 e. The quantitative estimate of drug-likeness (QED) is 0.552. The van der Waals surface area contributed by atoms with Crippen LogP contribution in [0.5, 0.6) is 0 Å². The van der Waals surface area contributed by atoms with Gasteiger partial charge in [-0.2, -0.15) is 15.0 Å². The number of hydrogen-bond donors (Lipinski definition) is 4. The van der Waals surface area contributed by atoms with Gasteiger partial charge in [0, 0.05) is 0 Å². The van der Waals surface area contributed by atoms with Crippen LogP contribution in [0, 0.1) is 0 Å². The molecule has 0 amide bonds. The highest BCUT2D eigenvalue weighted by Crippen LogP contribution is 2.17. The zero-order valence-corrected chi connectivity index (χ0v) is 10.0. The molecule has 0 unspecified atom stereocenters. The molecule has 19 heavy (non-hydrogen) atoms. The fraction of sp³-hybridized carbons (Fsp3) is 0.333. The number of aliphatic hydroxyl groups is 4. The van der Waals surface area contributed by atoms with Crippen LogP contribution in [-0.4, -0.2) is 54.2 Å². The lowest BCUT2D eigenvalue weighted by molar-refractivity contribution is -0.0790. The van der Waals surface area contributed by atoms with Gasteiger partial charge in [0.2, 0.25) is 0 Å². The van der Waals surface area contributed by atoms with Crippen LogP contribution < -0.4 is 0 Å². The first kappa shape index (κ1) is 13.6. The number of hydrogen-bond acceptors (Lipinski definition) is 6. The highest BCUT2D eigenvalue weighted by atomic mass is 16.4. The molecule has 0 saturated heterocycles. The summed E-state index contributed by atoms with van der Waals surface area (Å²) in [5.41, 5.74) is 0.821. The van der Waals surface area contributed by atoms with Crippen molar-refractivity contribution in [2.75, 3.05) is 6.61 Å². The van der Waals surface area contributed by atoms with Crippen LogP contribution in [0.2, 0.25) is 0 Å². The Labute approximate surface area is 109 Å². The number of aromatic nitrogens is 3. The molecule has 3 atom stereocenters. The molecule has 0 aliphatic carbocycles. The van der Waals surface area contributed by atoms with Gasteiger partial charge in [0.1, 0.15) is 24.0 Å². The molecule has 0 saturated carbocycles. The van der Waals surface area contributed by atoms with Gasteiger partial charge in [-0.1, -0.05) is 18.2 Å². The number of benzene rings is 1. The van der Waals surface area contributed by atoms with E-state index in [0.717, 1.165) is 0 Å². The van der Waals surface area contributed by atoms with Gasteiger partial charge in [-0.15, -0.1) is 0 Å². The average Bonchev–Trinajstić information content (AvgIpc) is 2.95. The smallest absolute Gasteiger partial charge is 0.128 e. The van der Waals surface area contributed by atoms with E-state index in [9.17, 15) is 15.3 Å². The fourth-order valence-corrected chi connectivity index (χ4v) is 1.59. The van der Waals surface area contributed by atoms with Gasteiger partial charge in [0.25, 0.3) is 0 Å². The average molecular weight is 265 g/mol. The molecule has 0 bridgehead atoms. The normalized spacial score (nSPS) is 16.0. The van der Waals surface area contributed by atoms with Crippen molar-refractivity contribution in [3.05, 3.63) is 42.2 Å². The van der Waals surface area contributed by atoms with E-state index in [1.54, 1.807) is 12.1 Å². The summed E-state index contributed by atoms with van der Waals surface area (Å²) in [6, 6.07) is 9.06. The van der Waals surface area contributed by atoms with E-state index >= 15 is 0 Å². The first-order chi connectivity index (χ1) is 9.13. The summed E-state index contributed by atoms with van der Waals surface area (Å²) in [6.07, 6.45) is -3.08. The second kappa shape index (κ2) is 5.89. The van der Waals surface area contributed by atoms with Crippen LogP contribution >= 0.6 is 0 Å². The van der Waals surface area contributed by atoms with Crippen molar-refractivity contribution in [1.82, 2.24) is 15.0 Å². The SMILES string of the molecule is OC[C@H](O)[C@@H](O)[C@H](O)c1cnn(-c2ccccc2)n1. The molecule has 2 aromatic rings. The van der Waals surface area contributed by atoms with Crippen molar-refractivity contribution in [2.24, 2.45) is 0 Å². The van der Waals surface area contributed by atoms with E-state index in [0.29, 0.717) is 5.69 Å². The van der Waals surface area contributed by atoms with Crippen LogP contribution in [0.25, 0.3) is 5.69 Å². The lowest BCUT2D eigenvalue weighted by Gasteiger charge is -2.19. The summed E-state index contributed by atoms with van der Waals surface area (Å²) in [5.74, 6) is 0. The molecular formula is C12H15N3O4. The predicted octanol–water partition coefficient (Wildman–Crippen LogP) is -0.985. The van der Waals surface area contributed by atoms with Gasteiger partial charge in [-0.25, -0.2) is 0 Å². The van der Waals surface area contributed by atoms with Gasteiger partial charge in [-0.3, -0.25) is 0 Å². The molecule has 0 fully saturated rings. The fourth-order valence-electron chi connectivity index (χ4n) is 1.59. The highest BCUT2D eigenvalue weighted by Gasteiger charge is 2.27. The molecule has 7 nitrogen and oxygen atoms in total. The molecule has 4 N–H and O–H groups in total. The molecule has 0 spiro atoms. The third-order valence-electron chi connectivity index (χ3n) is 2.70. The van der Waals surface area contributed by atoms with Crippen LogP contribution in [0.3, 0.4) is 0 Å². The third kappa shape index (κ3) is 2.96. The standard InChI is InChI=1S/C12H15N3O4/c16-7-10(17)12(19)11(18)9-6-13-15(14-9)8-4-2-1-3-5-8/h1-6,10-12,16-19H,7H2/t10-,11+,12+/m0/s1. The van der Waals surface area contributed by atoms with Crippen LogP contribution in [-0.2, 0) is 0 Å². The molecule has 0 radical (unpaired) electrons.